The van der Waals surface area contributed by atoms with Crippen molar-refractivity contribution in [1.29, 1.82) is 0 Å². The molecule has 0 saturated carbocycles. The van der Waals surface area contributed by atoms with Gasteiger partial charge in [0.05, 0.1) is 23.8 Å². The highest BCUT2D eigenvalue weighted by molar-refractivity contribution is 6.35. The average molecular weight is 628 g/mol. The third-order valence-electron chi connectivity index (χ3n) is 7.02. The van der Waals surface area contributed by atoms with Gasteiger partial charge in [-0.05, 0) is 55.8 Å². The van der Waals surface area contributed by atoms with Gasteiger partial charge in [-0.1, -0.05) is 29.3 Å². The van der Waals surface area contributed by atoms with E-state index in [1.807, 2.05) is 4.90 Å². The molecule has 42 heavy (non-hydrogen) atoms. The summed E-state index contributed by atoms with van der Waals surface area (Å²) in [5.41, 5.74) is 0.668. The molecule has 2 aromatic carbocycles. The molecule has 2 aliphatic heterocycles. The first kappa shape index (κ1) is 31.5. The van der Waals surface area contributed by atoms with Crippen molar-refractivity contribution in [2.45, 2.75) is 26.1 Å². The monoisotopic (exact) mass is 627 g/mol. The number of rotatable bonds is 7. The van der Waals surface area contributed by atoms with Gasteiger partial charge < -0.3 is 20.3 Å². The van der Waals surface area contributed by atoms with Crippen LogP contribution in [0.25, 0.3) is 0 Å². The van der Waals surface area contributed by atoms with Crippen LogP contribution in [0, 0.1) is 0 Å². The third kappa shape index (κ3) is 7.11. The Morgan fingerprint density at radius 1 is 1.05 bits per heavy atom. The molecule has 9 nitrogen and oxygen atoms in total. The Morgan fingerprint density at radius 3 is 2.29 bits per heavy atom. The maximum atomic E-state index is 13.3. The highest BCUT2D eigenvalue weighted by Gasteiger charge is 2.39. The lowest BCUT2D eigenvalue weighted by molar-refractivity contribution is -0.139. The summed E-state index contributed by atoms with van der Waals surface area (Å²) >= 11 is 12.5. The topological polar surface area (TPSA) is 94.2 Å². The smallest absolute Gasteiger partial charge is 0.416 e. The fourth-order valence-electron chi connectivity index (χ4n) is 4.89. The minimum atomic E-state index is -4.46. The van der Waals surface area contributed by atoms with Gasteiger partial charge in [0.15, 0.2) is 0 Å². The number of hydrogen-bond donors (Lipinski definition) is 2. The molecule has 1 fully saturated rings. The second-order valence-corrected chi connectivity index (χ2v) is 10.5. The average Bonchev–Trinajstić information content (AvgIpc) is 2.93. The molecule has 14 heteroatoms. The van der Waals surface area contributed by atoms with Crippen molar-refractivity contribution in [2.75, 3.05) is 51.2 Å². The van der Waals surface area contributed by atoms with Crippen molar-refractivity contribution < 1.29 is 32.3 Å². The predicted octanol–water partition coefficient (Wildman–Crippen LogP) is 5.77. The highest BCUT2D eigenvalue weighted by atomic mass is 35.5. The summed E-state index contributed by atoms with van der Waals surface area (Å²) in [5.74, 6) is -0.587. The van der Waals surface area contributed by atoms with Crippen LogP contribution in [0.15, 0.2) is 53.7 Å². The number of hydrogen-bond acceptors (Lipinski definition) is 5. The summed E-state index contributed by atoms with van der Waals surface area (Å²) in [6, 6.07) is 7.34. The number of anilines is 1. The van der Waals surface area contributed by atoms with Crippen LogP contribution in [0.5, 0.6) is 0 Å². The molecule has 0 bridgehead atoms. The van der Waals surface area contributed by atoms with Crippen molar-refractivity contribution in [3.05, 3.63) is 74.9 Å². The molecule has 0 radical (unpaired) electrons. The maximum Gasteiger partial charge on any atom is 0.416 e. The van der Waals surface area contributed by atoms with E-state index in [0.717, 1.165) is 12.1 Å². The number of alkyl halides is 3. The molecule has 0 aromatic heterocycles. The van der Waals surface area contributed by atoms with Gasteiger partial charge in [-0.2, -0.15) is 13.2 Å². The first-order chi connectivity index (χ1) is 19.9. The quantitative estimate of drug-likeness (QED) is 0.380. The second-order valence-electron chi connectivity index (χ2n) is 9.64. The van der Waals surface area contributed by atoms with Gasteiger partial charge in [0.25, 0.3) is 0 Å². The van der Waals surface area contributed by atoms with E-state index in [1.165, 1.54) is 23.1 Å². The Balaban J connectivity index is 1.52. The first-order valence-electron chi connectivity index (χ1n) is 13.3. The largest absolute Gasteiger partial charge is 0.463 e. The Labute approximate surface area is 251 Å². The molecule has 0 spiro atoms. The summed E-state index contributed by atoms with van der Waals surface area (Å²) in [6.07, 6.45) is -4.46. The number of piperazine rings is 1. The fourth-order valence-corrected chi connectivity index (χ4v) is 5.41. The predicted molar refractivity (Wildman–Crippen MR) is 152 cm³/mol. The van der Waals surface area contributed by atoms with Gasteiger partial charge in [-0.25, -0.2) is 14.4 Å². The summed E-state index contributed by atoms with van der Waals surface area (Å²) in [5, 5.41) is 6.18. The molecule has 1 atom stereocenters. The van der Waals surface area contributed by atoms with Crippen LogP contribution in [-0.2, 0) is 15.7 Å². The number of halogens is 5. The van der Waals surface area contributed by atoms with Gasteiger partial charge in [0.2, 0.25) is 0 Å². The van der Waals surface area contributed by atoms with E-state index < -0.39 is 35.8 Å². The van der Waals surface area contributed by atoms with Crippen molar-refractivity contribution in [3.63, 3.8) is 0 Å². The van der Waals surface area contributed by atoms with Gasteiger partial charge in [-0.3, -0.25) is 9.80 Å². The standard InChI is InChI=1S/C28H30Cl2F3N5O4/c1-3-38-22(23(25(39)42-4-2)24(35-27(38)41)20-10-7-18(29)15-21(20)30)16-36-11-13-37(14-12-36)26(40)34-19-8-5-17(6-9-19)28(31,32)33/h5-10,15,24H,3-4,11-14,16H2,1-2H3,(H,34,40)(H,35,41)/t24-/m0/s1. The van der Waals surface area contributed by atoms with E-state index in [-0.39, 0.29) is 29.4 Å². The van der Waals surface area contributed by atoms with Crippen LogP contribution in [-0.4, -0.2) is 78.6 Å². The molecular formula is C28H30Cl2F3N5O4. The summed E-state index contributed by atoms with van der Waals surface area (Å²) in [7, 11) is 0. The van der Waals surface area contributed by atoms with Crippen molar-refractivity contribution in [3.8, 4) is 0 Å². The summed E-state index contributed by atoms with van der Waals surface area (Å²) < 4.78 is 43.9. The lowest BCUT2D eigenvalue weighted by atomic mass is 9.94. The van der Waals surface area contributed by atoms with E-state index in [9.17, 15) is 27.6 Å². The van der Waals surface area contributed by atoms with Crippen molar-refractivity contribution in [2.24, 2.45) is 0 Å². The molecule has 2 aliphatic rings. The number of nitrogens with one attached hydrogen (secondary N) is 2. The zero-order chi connectivity index (χ0) is 30.6. The van der Waals surface area contributed by atoms with E-state index in [0.29, 0.717) is 49.0 Å². The minimum absolute atomic E-state index is 0.128. The fraction of sp³-hybridized carbons (Fsp3) is 0.393. The lowest BCUT2D eigenvalue weighted by Gasteiger charge is -2.40. The minimum Gasteiger partial charge on any atom is -0.463 e. The van der Waals surface area contributed by atoms with E-state index in [2.05, 4.69) is 10.6 Å². The van der Waals surface area contributed by atoms with Crippen LogP contribution in [0.4, 0.5) is 28.4 Å². The molecule has 226 valence electrons. The Morgan fingerprint density at radius 2 is 1.71 bits per heavy atom. The number of nitrogens with zero attached hydrogens (tertiary/aromatic N) is 3. The second kappa shape index (κ2) is 13.2. The van der Waals surface area contributed by atoms with Crippen LogP contribution < -0.4 is 10.6 Å². The van der Waals surface area contributed by atoms with Gasteiger partial charge in [-0.15, -0.1) is 0 Å². The van der Waals surface area contributed by atoms with E-state index in [1.54, 1.807) is 30.9 Å². The van der Waals surface area contributed by atoms with Crippen LogP contribution in [0.1, 0.15) is 31.0 Å². The zero-order valence-electron chi connectivity index (χ0n) is 22.9. The number of amides is 4. The molecule has 2 N–H and O–H groups in total. The third-order valence-corrected chi connectivity index (χ3v) is 7.58. The number of ether oxygens (including phenoxy) is 1. The van der Waals surface area contributed by atoms with Crippen molar-refractivity contribution >= 4 is 46.9 Å². The number of benzene rings is 2. The number of carbonyl (C=O) groups is 3. The van der Waals surface area contributed by atoms with E-state index >= 15 is 0 Å². The molecule has 4 amide bonds. The number of carbonyl (C=O) groups excluding carboxylic acids is 3. The van der Waals surface area contributed by atoms with Crippen LogP contribution >= 0.6 is 23.2 Å². The normalized spacial score (nSPS) is 18.2. The number of esters is 1. The van der Waals surface area contributed by atoms with Crippen LogP contribution in [0.2, 0.25) is 10.0 Å². The highest BCUT2D eigenvalue weighted by Crippen LogP contribution is 2.36. The van der Waals surface area contributed by atoms with Gasteiger partial charge in [0, 0.05) is 60.7 Å². The molecule has 4 rings (SSSR count). The van der Waals surface area contributed by atoms with Crippen molar-refractivity contribution in [1.82, 2.24) is 20.0 Å². The number of likely N-dealkylation sites (N-methyl/N-ethyl adjacent to an activating group) is 1. The van der Waals surface area contributed by atoms with Gasteiger partial charge >= 0.3 is 24.2 Å². The molecule has 0 unspecified atom stereocenters. The Hall–Kier alpha value is -3.48. The Bertz CT molecular complexity index is 1360. The van der Waals surface area contributed by atoms with Crippen LogP contribution in [0.3, 0.4) is 0 Å². The summed E-state index contributed by atoms with van der Waals surface area (Å²) in [6.45, 7) is 5.61. The maximum absolute atomic E-state index is 13.3. The van der Waals surface area contributed by atoms with Gasteiger partial charge in [0.1, 0.15) is 0 Å². The molecule has 0 aliphatic carbocycles. The molecule has 2 aromatic rings. The number of urea groups is 2. The molecular weight excluding hydrogens is 598 g/mol. The zero-order valence-corrected chi connectivity index (χ0v) is 24.4. The first-order valence-corrected chi connectivity index (χ1v) is 14.1. The molecule has 2 heterocycles. The Kier molecular flexibility index (Phi) is 9.90. The van der Waals surface area contributed by atoms with E-state index in [4.69, 9.17) is 27.9 Å². The molecule has 1 saturated heterocycles. The SMILES string of the molecule is CCOC(=O)C1=C(CN2CCN(C(=O)Nc3ccc(C(F)(F)F)cc3)CC2)N(CC)C(=O)N[C@H]1c1ccc(Cl)cc1Cl. The lowest BCUT2D eigenvalue weighted by Crippen LogP contribution is -2.54. The summed E-state index contributed by atoms with van der Waals surface area (Å²) in [4.78, 5) is 44.3.